The molecule has 23 heavy (non-hydrogen) atoms. The van der Waals surface area contributed by atoms with E-state index in [2.05, 4.69) is 44.8 Å². The van der Waals surface area contributed by atoms with Gasteiger partial charge in [-0.05, 0) is 12.8 Å². The standard InChI is InChI=1S/C14H22N6O2.HI/c1-5-15-14(17-8-13-18-10(4)21-20-13)16-7-11-6-12(9(2)3)19-22-11;/h6,9H,5,7-8H2,1-4H3,(H2,15,16,17);1H. The monoisotopic (exact) mass is 434 g/mol. The molecular formula is C14H23IN6O2. The summed E-state index contributed by atoms with van der Waals surface area (Å²) in [5.41, 5.74) is 0.945. The van der Waals surface area contributed by atoms with Gasteiger partial charge in [0.15, 0.2) is 17.5 Å². The van der Waals surface area contributed by atoms with E-state index in [1.54, 1.807) is 6.92 Å². The van der Waals surface area contributed by atoms with Crippen molar-refractivity contribution in [3.63, 3.8) is 0 Å². The summed E-state index contributed by atoms with van der Waals surface area (Å²) >= 11 is 0. The third-order valence-corrected chi connectivity index (χ3v) is 2.89. The first-order valence-corrected chi connectivity index (χ1v) is 7.35. The summed E-state index contributed by atoms with van der Waals surface area (Å²) < 4.78 is 10.2. The van der Waals surface area contributed by atoms with Gasteiger partial charge in [0.25, 0.3) is 0 Å². The lowest BCUT2D eigenvalue weighted by Gasteiger charge is -2.08. The van der Waals surface area contributed by atoms with Gasteiger partial charge in [0, 0.05) is 19.5 Å². The van der Waals surface area contributed by atoms with Crippen LogP contribution in [-0.4, -0.2) is 27.8 Å². The molecule has 0 aliphatic rings. The van der Waals surface area contributed by atoms with Gasteiger partial charge in [0.05, 0.1) is 12.2 Å². The highest BCUT2D eigenvalue weighted by Crippen LogP contribution is 2.13. The number of hydrogen-bond acceptors (Lipinski definition) is 6. The Balaban J connectivity index is 0.00000264. The van der Waals surface area contributed by atoms with Crippen LogP contribution < -0.4 is 10.6 Å². The molecule has 0 fully saturated rings. The van der Waals surface area contributed by atoms with Crippen molar-refractivity contribution >= 4 is 29.9 Å². The summed E-state index contributed by atoms with van der Waals surface area (Å²) in [6, 6.07) is 1.95. The molecule has 0 amide bonds. The molecule has 0 bridgehead atoms. The number of nitrogens with one attached hydrogen (secondary N) is 2. The fraction of sp³-hybridized carbons (Fsp3) is 0.571. The van der Waals surface area contributed by atoms with E-state index in [4.69, 9.17) is 9.05 Å². The Kier molecular flexibility index (Phi) is 8.00. The number of hydrogen-bond donors (Lipinski definition) is 2. The van der Waals surface area contributed by atoms with Gasteiger partial charge in [0.1, 0.15) is 6.54 Å². The molecule has 0 saturated heterocycles. The number of aryl methyl sites for hydroxylation is 1. The van der Waals surface area contributed by atoms with E-state index in [-0.39, 0.29) is 24.0 Å². The van der Waals surface area contributed by atoms with E-state index in [0.717, 1.165) is 18.0 Å². The largest absolute Gasteiger partial charge is 0.359 e. The number of aliphatic imine (C=N–C) groups is 1. The van der Waals surface area contributed by atoms with Gasteiger partial charge in [-0.3, -0.25) is 0 Å². The molecule has 0 atom stereocenters. The normalized spacial score (nSPS) is 11.4. The second kappa shape index (κ2) is 9.48. The maximum absolute atomic E-state index is 5.29. The van der Waals surface area contributed by atoms with E-state index in [9.17, 15) is 0 Å². The van der Waals surface area contributed by atoms with Crippen LogP contribution in [0, 0.1) is 6.92 Å². The first-order chi connectivity index (χ1) is 10.6. The average Bonchev–Trinajstić information content (AvgIpc) is 3.11. The summed E-state index contributed by atoms with van der Waals surface area (Å²) in [5.74, 6) is 2.86. The van der Waals surface area contributed by atoms with Crippen molar-refractivity contribution in [1.29, 1.82) is 0 Å². The summed E-state index contributed by atoms with van der Waals surface area (Å²) in [4.78, 5) is 8.52. The molecule has 2 heterocycles. The Labute approximate surface area is 152 Å². The van der Waals surface area contributed by atoms with Crippen LogP contribution in [0.3, 0.4) is 0 Å². The fourth-order valence-electron chi connectivity index (χ4n) is 1.75. The molecule has 2 rings (SSSR count). The molecule has 128 valence electrons. The van der Waals surface area contributed by atoms with Crippen LogP contribution in [0.25, 0.3) is 0 Å². The van der Waals surface area contributed by atoms with Crippen molar-refractivity contribution in [3.05, 3.63) is 29.2 Å². The molecule has 0 aliphatic heterocycles. The van der Waals surface area contributed by atoms with Gasteiger partial charge >= 0.3 is 0 Å². The van der Waals surface area contributed by atoms with Crippen LogP contribution >= 0.6 is 24.0 Å². The fourth-order valence-corrected chi connectivity index (χ4v) is 1.75. The van der Waals surface area contributed by atoms with Crippen LogP contribution in [-0.2, 0) is 13.1 Å². The van der Waals surface area contributed by atoms with Crippen LogP contribution in [0.4, 0.5) is 0 Å². The van der Waals surface area contributed by atoms with Crippen molar-refractivity contribution in [2.24, 2.45) is 4.99 Å². The molecule has 0 unspecified atom stereocenters. The SMILES string of the molecule is CCNC(=NCc1noc(C)n1)NCc1cc(C(C)C)no1.I. The number of aromatic nitrogens is 3. The molecule has 2 aromatic rings. The van der Waals surface area contributed by atoms with E-state index in [1.165, 1.54) is 0 Å². The molecule has 2 aromatic heterocycles. The molecular weight excluding hydrogens is 411 g/mol. The van der Waals surface area contributed by atoms with Gasteiger partial charge in [-0.25, -0.2) is 4.99 Å². The highest BCUT2D eigenvalue weighted by molar-refractivity contribution is 14.0. The molecule has 9 heteroatoms. The minimum absolute atomic E-state index is 0. The Hall–Kier alpha value is -1.65. The summed E-state index contributed by atoms with van der Waals surface area (Å²) in [7, 11) is 0. The van der Waals surface area contributed by atoms with E-state index < -0.39 is 0 Å². The second-order valence-corrected chi connectivity index (χ2v) is 5.15. The van der Waals surface area contributed by atoms with Gasteiger partial charge < -0.3 is 19.7 Å². The molecule has 2 N–H and O–H groups in total. The molecule has 8 nitrogen and oxygen atoms in total. The van der Waals surface area contributed by atoms with Crippen LogP contribution in [0.5, 0.6) is 0 Å². The topological polar surface area (TPSA) is 101 Å². The lowest BCUT2D eigenvalue weighted by molar-refractivity contribution is 0.372. The van der Waals surface area contributed by atoms with Crippen molar-refractivity contribution in [2.75, 3.05) is 6.54 Å². The average molecular weight is 434 g/mol. The third kappa shape index (κ3) is 6.16. The zero-order valence-corrected chi connectivity index (χ0v) is 16.1. The lowest BCUT2D eigenvalue weighted by Crippen LogP contribution is -2.36. The van der Waals surface area contributed by atoms with Crippen molar-refractivity contribution in [3.8, 4) is 0 Å². The van der Waals surface area contributed by atoms with Crippen molar-refractivity contribution in [1.82, 2.24) is 25.9 Å². The minimum Gasteiger partial charge on any atom is -0.359 e. The van der Waals surface area contributed by atoms with Crippen LogP contribution in [0.15, 0.2) is 20.1 Å². The smallest absolute Gasteiger partial charge is 0.223 e. The van der Waals surface area contributed by atoms with Gasteiger partial charge in [0.2, 0.25) is 5.89 Å². The molecule has 0 radical (unpaired) electrons. The third-order valence-electron chi connectivity index (χ3n) is 2.89. The molecule has 0 aromatic carbocycles. The lowest BCUT2D eigenvalue weighted by atomic mass is 10.1. The van der Waals surface area contributed by atoms with Crippen LogP contribution in [0.1, 0.15) is 49.9 Å². The highest BCUT2D eigenvalue weighted by atomic mass is 127. The predicted octanol–water partition coefficient (Wildman–Crippen LogP) is 2.36. The first kappa shape index (κ1) is 19.4. The number of rotatable bonds is 6. The Bertz CT molecular complexity index is 622. The first-order valence-electron chi connectivity index (χ1n) is 7.35. The summed E-state index contributed by atoms with van der Waals surface area (Å²) in [6.45, 7) is 9.52. The number of guanidine groups is 1. The molecule has 0 spiro atoms. The second-order valence-electron chi connectivity index (χ2n) is 5.15. The quantitative estimate of drug-likeness (QED) is 0.409. The van der Waals surface area contributed by atoms with Crippen molar-refractivity contribution < 1.29 is 9.05 Å². The van der Waals surface area contributed by atoms with E-state index in [0.29, 0.717) is 36.7 Å². The van der Waals surface area contributed by atoms with E-state index >= 15 is 0 Å². The predicted molar refractivity (Wildman–Crippen MR) is 96.7 cm³/mol. The zero-order chi connectivity index (χ0) is 15.9. The summed E-state index contributed by atoms with van der Waals surface area (Å²) in [6.07, 6.45) is 0. The van der Waals surface area contributed by atoms with Gasteiger partial charge in [-0.2, -0.15) is 4.98 Å². The van der Waals surface area contributed by atoms with Crippen molar-refractivity contribution in [2.45, 2.75) is 46.7 Å². The molecule has 0 aliphatic carbocycles. The maximum atomic E-state index is 5.29. The van der Waals surface area contributed by atoms with Gasteiger partial charge in [-0.15, -0.1) is 24.0 Å². The Morgan fingerprint density at radius 1 is 1.26 bits per heavy atom. The zero-order valence-electron chi connectivity index (χ0n) is 13.8. The van der Waals surface area contributed by atoms with Crippen LogP contribution in [0.2, 0.25) is 0 Å². The Morgan fingerprint density at radius 2 is 2.04 bits per heavy atom. The minimum atomic E-state index is 0. The maximum Gasteiger partial charge on any atom is 0.223 e. The molecule has 0 saturated carbocycles. The summed E-state index contributed by atoms with van der Waals surface area (Å²) in [5, 5.41) is 14.2. The van der Waals surface area contributed by atoms with Gasteiger partial charge in [-0.1, -0.05) is 24.2 Å². The number of halogens is 1. The highest BCUT2D eigenvalue weighted by Gasteiger charge is 2.08. The Morgan fingerprint density at radius 3 is 2.61 bits per heavy atom. The van der Waals surface area contributed by atoms with E-state index in [1.807, 2.05) is 13.0 Å². The number of nitrogens with zero attached hydrogens (tertiary/aromatic N) is 4.